The molecule has 0 radical (unpaired) electrons. The van der Waals surface area contributed by atoms with Crippen LogP contribution in [0.3, 0.4) is 0 Å². The van der Waals surface area contributed by atoms with Gasteiger partial charge in [-0.15, -0.1) is 11.3 Å². The van der Waals surface area contributed by atoms with Gasteiger partial charge in [-0.1, -0.05) is 206 Å². The molecule has 3 aliphatic rings. The predicted octanol–water partition coefficient (Wildman–Crippen LogP) is 23.4. The van der Waals surface area contributed by atoms with Crippen LogP contribution in [0.15, 0.2) is 296 Å². The third kappa shape index (κ3) is 7.25. The van der Waals surface area contributed by atoms with Gasteiger partial charge in [-0.3, -0.25) is 0 Å². The number of hydrogen-bond donors (Lipinski definition) is 0. The van der Waals surface area contributed by atoms with Gasteiger partial charge in [0.05, 0.1) is 11.1 Å². The summed E-state index contributed by atoms with van der Waals surface area (Å²) in [4.78, 5) is 4.79. The van der Waals surface area contributed by atoms with Crippen LogP contribution < -0.4 is 14.5 Å². The third-order valence-corrected chi connectivity index (χ3v) is 19.7. The summed E-state index contributed by atoms with van der Waals surface area (Å²) in [5, 5.41) is 5.35. The summed E-state index contributed by atoms with van der Waals surface area (Å²) >= 11 is 9.52. The van der Waals surface area contributed by atoms with E-state index in [1.807, 2.05) is 23.5 Å². The zero-order chi connectivity index (χ0) is 57.5. The van der Waals surface area contributed by atoms with Gasteiger partial charge in [-0.25, -0.2) is 0 Å². The number of benzene rings is 13. The van der Waals surface area contributed by atoms with Crippen LogP contribution in [0.2, 0.25) is 5.02 Å². The lowest BCUT2D eigenvalue weighted by Gasteiger charge is -2.40. The van der Waals surface area contributed by atoms with Crippen molar-refractivity contribution in [1.29, 1.82) is 0 Å². The molecule has 15 aromatic rings. The maximum absolute atomic E-state index is 7.68. The smallest absolute Gasteiger partial charge is 0.143 e. The lowest BCUT2D eigenvalue weighted by Crippen LogP contribution is -2.32. The van der Waals surface area contributed by atoms with E-state index in [1.165, 1.54) is 25.7 Å². The minimum absolute atomic E-state index is 0.685. The van der Waals surface area contributed by atoms with Crippen LogP contribution in [0.5, 0.6) is 11.5 Å². The molecule has 408 valence electrons. The highest BCUT2D eigenvalue weighted by atomic mass is 35.5. The average Bonchev–Trinajstić information content (AvgIpc) is 1.60. The molecule has 0 saturated carbocycles. The predicted molar refractivity (Wildman–Crippen MR) is 363 cm³/mol. The Labute approximate surface area is 511 Å². The van der Waals surface area contributed by atoms with Crippen molar-refractivity contribution in [3.05, 3.63) is 330 Å². The van der Waals surface area contributed by atoms with Crippen molar-refractivity contribution in [2.24, 2.45) is 0 Å². The molecule has 4 nitrogen and oxygen atoms in total. The molecule has 1 aliphatic heterocycles. The Bertz CT molecular complexity index is 5380. The molecule has 2 aliphatic carbocycles. The van der Waals surface area contributed by atoms with Crippen molar-refractivity contribution in [3.63, 3.8) is 0 Å². The lowest BCUT2D eigenvalue weighted by molar-refractivity contribution is 0.436. The molecule has 6 heteroatoms. The number of anilines is 6. The highest BCUT2D eigenvalue weighted by molar-refractivity contribution is 7.26. The fourth-order valence-electron chi connectivity index (χ4n) is 14.7. The fourth-order valence-corrected chi connectivity index (χ4v) is 16.1. The zero-order valence-corrected chi connectivity index (χ0v) is 48.4. The second-order valence-corrected chi connectivity index (χ2v) is 24.3. The maximum atomic E-state index is 7.68. The van der Waals surface area contributed by atoms with E-state index in [0.29, 0.717) is 5.02 Å². The molecule has 1 spiro atoms. The minimum Gasteiger partial charge on any atom is -0.457 e. The van der Waals surface area contributed by atoms with Gasteiger partial charge >= 0.3 is 0 Å². The molecule has 1 atom stereocenters. The molecule has 0 saturated heterocycles. The Morgan fingerprint density at radius 1 is 0.368 bits per heavy atom. The Balaban J connectivity index is 0.852. The molecular formula is C81H49ClN2O2S. The second kappa shape index (κ2) is 19.2. The van der Waals surface area contributed by atoms with Gasteiger partial charge in [0.2, 0.25) is 0 Å². The first-order valence-electron chi connectivity index (χ1n) is 29.4. The molecule has 0 amide bonds. The number of furan rings is 1. The average molecular weight is 1150 g/mol. The lowest BCUT2D eigenvalue weighted by atomic mass is 9.66. The number of halogens is 1. The Morgan fingerprint density at radius 3 is 1.78 bits per heavy atom. The van der Waals surface area contributed by atoms with Crippen molar-refractivity contribution in [2.45, 2.75) is 5.41 Å². The van der Waals surface area contributed by atoms with E-state index >= 15 is 0 Å². The summed E-state index contributed by atoms with van der Waals surface area (Å²) < 4.78 is 16.6. The normalized spacial score (nSPS) is 14.2. The summed E-state index contributed by atoms with van der Waals surface area (Å²) in [6.45, 7) is 4.78. The molecule has 3 heterocycles. The number of para-hydroxylation sites is 5. The summed E-state index contributed by atoms with van der Waals surface area (Å²) in [7, 11) is 0. The van der Waals surface area contributed by atoms with Crippen LogP contribution in [-0.4, -0.2) is 0 Å². The number of fused-ring (bicyclic) bond motifs is 18. The van der Waals surface area contributed by atoms with Crippen LogP contribution in [0.1, 0.15) is 33.4 Å². The van der Waals surface area contributed by atoms with E-state index in [0.717, 1.165) is 145 Å². The number of hydrogen-bond acceptors (Lipinski definition) is 5. The molecule has 13 aromatic carbocycles. The summed E-state index contributed by atoms with van der Waals surface area (Å²) in [6, 6.07) is 103. The summed E-state index contributed by atoms with van der Waals surface area (Å²) in [5.74, 6) is 1.57. The zero-order valence-electron chi connectivity index (χ0n) is 46.8. The summed E-state index contributed by atoms with van der Waals surface area (Å²) in [6.07, 6.45) is 0. The molecule has 0 bridgehead atoms. The first-order valence-corrected chi connectivity index (χ1v) is 30.6. The first kappa shape index (κ1) is 49.7. The van der Waals surface area contributed by atoms with E-state index in [9.17, 15) is 0 Å². The van der Waals surface area contributed by atoms with E-state index in [-0.39, 0.29) is 0 Å². The SMILES string of the molecule is C=C1c2ccccc2-c2cc(N(c3ccccc3)c3ccc4c(c3)-c3c(Cl)cccc3C43c4ccccc4Oc4cc(N(c5ccccc5)c5ccc6sc7ccccc7c6c5-c5ccccc5)ccc43)cc(-c3cccc4c3oc3ccccc34)c21. The van der Waals surface area contributed by atoms with Gasteiger partial charge < -0.3 is 19.0 Å². The minimum atomic E-state index is -0.814. The van der Waals surface area contributed by atoms with Gasteiger partial charge in [0, 0.05) is 98.3 Å². The largest absolute Gasteiger partial charge is 0.457 e. The van der Waals surface area contributed by atoms with E-state index in [1.54, 1.807) is 0 Å². The van der Waals surface area contributed by atoms with Crippen molar-refractivity contribution < 1.29 is 9.15 Å². The van der Waals surface area contributed by atoms with E-state index in [4.69, 9.17) is 27.3 Å². The third-order valence-electron chi connectivity index (χ3n) is 18.3. The molecule has 2 aromatic heterocycles. The van der Waals surface area contributed by atoms with E-state index in [2.05, 4.69) is 283 Å². The van der Waals surface area contributed by atoms with Gasteiger partial charge in [-0.05, 0) is 147 Å². The number of nitrogens with zero attached hydrogens (tertiary/aromatic N) is 2. The Kier molecular flexibility index (Phi) is 10.9. The number of rotatable bonds is 8. The molecular weight excluding hydrogens is 1100 g/mol. The topological polar surface area (TPSA) is 28.9 Å². The fraction of sp³-hybridized carbons (Fsp3) is 0.0123. The monoisotopic (exact) mass is 1150 g/mol. The number of thiophene rings is 1. The highest BCUT2D eigenvalue weighted by Gasteiger charge is 2.52. The summed E-state index contributed by atoms with van der Waals surface area (Å²) in [5.41, 5.74) is 23.3. The molecule has 1 unspecified atom stereocenters. The van der Waals surface area contributed by atoms with Crippen LogP contribution in [0.4, 0.5) is 34.1 Å². The molecule has 0 fully saturated rings. The van der Waals surface area contributed by atoms with Crippen molar-refractivity contribution in [1.82, 2.24) is 0 Å². The van der Waals surface area contributed by atoms with E-state index < -0.39 is 5.41 Å². The standard InChI is InChI=1S/C81H49ClN2O2S/c1-49-56-27-11-12-28-57(56)62-46-55(47-63(76(49)62)60-32-19-31-59-58-29-13-16-36-71(58)86-80(59)60)83(51-23-7-3-8-24-51)53-39-41-65-64(45-53)78-68(34-20-35-69(78)82)81(65)66-33-15-17-37-72(66)85-73-48-54(40-42-67(73)81)84(52-25-9-4-10-26-52)70-43-44-75-79(61-30-14-18-38-74(61)87-75)77(70)50-21-5-2-6-22-50/h2-48H,1H2. The van der Waals surface area contributed by atoms with Crippen LogP contribution in [0, 0.1) is 0 Å². The van der Waals surface area contributed by atoms with Gasteiger partial charge in [0.15, 0.2) is 0 Å². The van der Waals surface area contributed by atoms with Crippen LogP contribution >= 0.6 is 22.9 Å². The Morgan fingerprint density at radius 2 is 0.966 bits per heavy atom. The first-order chi connectivity index (χ1) is 43.0. The quantitative estimate of drug-likeness (QED) is 0.152. The molecule has 0 N–H and O–H groups in total. The number of ether oxygens (including phenoxy) is 1. The van der Waals surface area contributed by atoms with Crippen molar-refractivity contribution in [2.75, 3.05) is 9.80 Å². The van der Waals surface area contributed by atoms with Gasteiger partial charge in [-0.2, -0.15) is 0 Å². The van der Waals surface area contributed by atoms with Crippen LogP contribution in [-0.2, 0) is 5.41 Å². The second-order valence-electron chi connectivity index (χ2n) is 22.8. The maximum Gasteiger partial charge on any atom is 0.143 e. The van der Waals surface area contributed by atoms with Gasteiger partial charge in [0.1, 0.15) is 22.7 Å². The highest BCUT2D eigenvalue weighted by Crippen LogP contribution is 2.65. The van der Waals surface area contributed by atoms with Gasteiger partial charge in [0.25, 0.3) is 0 Å². The van der Waals surface area contributed by atoms with Crippen LogP contribution in [0.25, 0.3) is 92.2 Å². The van der Waals surface area contributed by atoms with Crippen molar-refractivity contribution >= 4 is 105 Å². The van der Waals surface area contributed by atoms with Crippen molar-refractivity contribution in [3.8, 4) is 56.0 Å². The molecule has 18 rings (SSSR count). The Hall–Kier alpha value is -10.7. The molecule has 87 heavy (non-hydrogen) atoms.